The summed E-state index contributed by atoms with van der Waals surface area (Å²) in [5, 5.41) is 29.9. The van der Waals surface area contributed by atoms with Gasteiger partial charge in [0, 0.05) is 10.4 Å². The average Bonchev–Trinajstić information content (AvgIpc) is 2.92. The van der Waals surface area contributed by atoms with Gasteiger partial charge in [0.25, 0.3) is 0 Å². The topological polar surface area (TPSA) is 77.8 Å². The molecular formula is C13H8Cl2O4S. The van der Waals surface area contributed by atoms with E-state index in [1.807, 2.05) is 0 Å². The first-order valence-corrected chi connectivity index (χ1v) is 6.94. The maximum atomic E-state index is 11.3. The summed E-state index contributed by atoms with van der Waals surface area (Å²) in [7, 11) is 0. The Hall–Kier alpha value is -1.69. The van der Waals surface area contributed by atoms with Crippen molar-refractivity contribution in [1.82, 2.24) is 0 Å². The Morgan fingerprint density at radius 3 is 2.50 bits per heavy atom. The molecule has 0 aliphatic carbocycles. The zero-order valence-corrected chi connectivity index (χ0v) is 12.1. The van der Waals surface area contributed by atoms with Gasteiger partial charge in [0.05, 0.1) is 10.6 Å². The number of carboxylic acids is 1. The predicted octanol–water partition coefficient (Wildman–Crippen LogP) is 4.09. The van der Waals surface area contributed by atoms with E-state index >= 15 is 0 Å². The molecule has 0 saturated heterocycles. The van der Waals surface area contributed by atoms with Crippen molar-refractivity contribution in [3.63, 3.8) is 0 Å². The van der Waals surface area contributed by atoms with Crippen LogP contribution >= 0.6 is 34.5 Å². The van der Waals surface area contributed by atoms with Gasteiger partial charge in [-0.2, -0.15) is 0 Å². The molecule has 0 fully saturated rings. The van der Waals surface area contributed by atoms with Gasteiger partial charge in [-0.3, -0.25) is 0 Å². The van der Waals surface area contributed by atoms with Crippen LogP contribution in [-0.2, 0) is 4.79 Å². The lowest BCUT2D eigenvalue weighted by molar-refractivity contribution is -0.130. The van der Waals surface area contributed by atoms with Gasteiger partial charge < -0.3 is 15.3 Å². The van der Waals surface area contributed by atoms with Gasteiger partial charge in [-0.15, -0.1) is 11.3 Å². The molecule has 0 aliphatic rings. The van der Waals surface area contributed by atoms with Crippen LogP contribution in [0.3, 0.4) is 0 Å². The lowest BCUT2D eigenvalue weighted by Crippen LogP contribution is -1.97. The number of aromatic hydroxyl groups is 2. The first-order valence-electron chi connectivity index (χ1n) is 5.30. The summed E-state index contributed by atoms with van der Waals surface area (Å²) in [4.78, 5) is 11.8. The molecular weight excluding hydrogens is 323 g/mol. The molecule has 0 spiro atoms. The van der Waals surface area contributed by atoms with E-state index in [-0.39, 0.29) is 21.2 Å². The fourth-order valence-electron chi connectivity index (χ4n) is 1.55. The molecule has 1 aromatic heterocycles. The summed E-state index contributed by atoms with van der Waals surface area (Å²) in [5.41, 5.74) is 0.108. The van der Waals surface area contributed by atoms with Crippen LogP contribution < -0.4 is 0 Å². The second-order valence-electron chi connectivity index (χ2n) is 3.80. The lowest BCUT2D eigenvalue weighted by Gasteiger charge is -2.07. The Morgan fingerprint density at radius 2 is 1.95 bits per heavy atom. The molecule has 0 radical (unpaired) electrons. The number of aliphatic carboxylic acids is 1. The molecule has 2 aromatic rings. The average molecular weight is 331 g/mol. The van der Waals surface area contributed by atoms with E-state index in [1.54, 1.807) is 17.5 Å². The van der Waals surface area contributed by atoms with Crippen molar-refractivity contribution in [1.29, 1.82) is 0 Å². The highest BCUT2D eigenvalue weighted by Crippen LogP contribution is 2.42. The van der Waals surface area contributed by atoms with Crippen molar-refractivity contribution in [2.75, 3.05) is 0 Å². The molecule has 3 N–H and O–H groups in total. The number of carboxylic acid groups (broad SMARTS) is 1. The number of hydrogen-bond acceptors (Lipinski definition) is 4. The number of rotatable bonds is 3. The van der Waals surface area contributed by atoms with E-state index in [1.165, 1.54) is 23.5 Å². The van der Waals surface area contributed by atoms with Crippen molar-refractivity contribution >= 4 is 52.2 Å². The molecule has 4 nitrogen and oxygen atoms in total. The molecule has 1 heterocycles. The Kier molecular flexibility index (Phi) is 4.23. The number of thiophene rings is 1. The van der Waals surface area contributed by atoms with Gasteiger partial charge in [0.2, 0.25) is 0 Å². The van der Waals surface area contributed by atoms with Crippen molar-refractivity contribution in [2.45, 2.75) is 0 Å². The Bertz CT molecular complexity index is 693. The Morgan fingerprint density at radius 1 is 1.25 bits per heavy atom. The fraction of sp³-hybridized carbons (Fsp3) is 0. The third-order valence-corrected chi connectivity index (χ3v) is 4.06. The molecule has 7 heteroatoms. The highest BCUT2D eigenvalue weighted by molar-refractivity contribution is 7.11. The van der Waals surface area contributed by atoms with Crippen molar-refractivity contribution in [3.8, 4) is 11.5 Å². The smallest absolute Gasteiger partial charge is 0.337 e. The molecule has 1 aromatic carbocycles. The second-order valence-corrected chi connectivity index (χ2v) is 5.53. The summed E-state index contributed by atoms with van der Waals surface area (Å²) in [6, 6.07) is 4.60. The van der Waals surface area contributed by atoms with Gasteiger partial charge in [0.15, 0.2) is 5.75 Å². The summed E-state index contributed by atoms with van der Waals surface area (Å²) >= 11 is 12.7. The number of hydrogen-bond donors (Lipinski definition) is 3. The molecule has 2 rings (SSSR count). The van der Waals surface area contributed by atoms with Crippen LogP contribution in [-0.4, -0.2) is 21.3 Å². The monoisotopic (exact) mass is 330 g/mol. The lowest BCUT2D eigenvalue weighted by atomic mass is 10.1. The molecule has 0 saturated carbocycles. The molecule has 0 atom stereocenters. The summed E-state index contributed by atoms with van der Waals surface area (Å²) in [5.74, 6) is -2.02. The van der Waals surface area contributed by atoms with Crippen LogP contribution in [0.2, 0.25) is 10.0 Å². The fourth-order valence-corrected chi connectivity index (χ4v) is 2.76. The third-order valence-electron chi connectivity index (χ3n) is 2.51. The van der Waals surface area contributed by atoms with Gasteiger partial charge in [-0.05, 0) is 23.6 Å². The highest BCUT2D eigenvalue weighted by atomic mass is 35.5. The van der Waals surface area contributed by atoms with Crippen molar-refractivity contribution < 1.29 is 20.1 Å². The molecule has 0 bridgehead atoms. The number of halogens is 2. The van der Waals surface area contributed by atoms with E-state index in [2.05, 4.69) is 0 Å². The van der Waals surface area contributed by atoms with E-state index < -0.39 is 17.5 Å². The quantitative estimate of drug-likeness (QED) is 0.740. The SMILES string of the molecule is O=C(O)/C(=C\c1cc(Cl)c(O)c(Cl)c1O)c1cccs1. The van der Waals surface area contributed by atoms with Crippen LogP contribution in [0.5, 0.6) is 11.5 Å². The number of phenols is 2. The van der Waals surface area contributed by atoms with Crippen LogP contribution in [0.4, 0.5) is 0 Å². The van der Waals surface area contributed by atoms with Crippen molar-refractivity contribution in [3.05, 3.63) is 44.1 Å². The number of benzene rings is 1. The van der Waals surface area contributed by atoms with Gasteiger partial charge in [-0.1, -0.05) is 29.3 Å². The van der Waals surface area contributed by atoms with E-state index in [4.69, 9.17) is 23.2 Å². The zero-order chi connectivity index (χ0) is 14.9. The summed E-state index contributed by atoms with van der Waals surface area (Å²) < 4.78 is 0. The number of carbonyl (C=O) groups is 1. The van der Waals surface area contributed by atoms with Crippen LogP contribution in [0.15, 0.2) is 23.6 Å². The Labute approximate surface area is 128 Å². The molecule has 20 heavy (non-hydrogen) atoms. The molecule has 0 unspecified atom stereocenters. The summed E-state index contributed by atoms with van der Waals surface area (Å²) in [6.45, 7) is 0. The van der Waals surface area contributed by atoms with E-state index in [0.29, 0.717) is 4.88 Å². The normalized spacial score (nSPS) is 11.6. The van der Waals surface area contributed by atoms with Crippen LogP contribution in [0, 0.1) is 0 Å². The van der Waals surface area contributed by atoms with Crippen molar-refractivity contribution in [2.24, 2.45) is 0 Å². The van der Waals surface area contributed by atoms with E-state index in [0.717, 1.165) is 0 Å². The van der Waals surface area contributed by atoms with Gasteiger partial charge in [0.1, 0.15) is 10.8 Å². The summed E-state index contributed by atoms with van der Waals surface area (Å²) in [6.07, 6.45) is 1.25. The molecule has 0 amide bonds. The van der Waals surface area contributed by atoms with Gasteiger partial charge >= 0.3 is 5.97 Å². The largest absolute Gasteiger partial charge is 0.506 e. The predicted molar refractivity (Wildman–Crippen MR) is 79.6 cm³/mol. The minimum Gasteiger partial charge on any atom is -0.506 e. The minimum atomic E-state index is -1.15. The third kappa shape index (κ3) is 2.75. The first kappa shape index (κ1) is 14.7. The molecule has 104 valence electrons. The van der Waals surface area contributed by atoms with Crippen LogP contribution in [0.1, 0.15) is 10.4 Å². The van der Waals surface area contributed by atoms with E-state index in [9.17, 15) is 20.1 Å². The van der Waals surface area contributed by atoms with Gasteiger partial charge in [-0.25, -0.2) is 4.79 Å². The maximum Gasteiger partial charge on any atom is 0.337 e. The number of phenolic OH excluding ortho intramolecular Hbond substituents is 2. The maximum absolute atomic E-state index is 11.3. The first-order chi connectivity index (χ1) is 9.41. The molecule has 0 aliphatic heterocycles. The second kappa shape index (κ2) is 5.75. The van der Waals surface area contributed by atoms with Crippen LogP contribution in [0.25, 0.3) is 11.6 Å². The highest BCUT2D eigenvalue weighted by Gasteiger charge is 2.17. The minimum absolute atomic E-state index is 0.00637. The zero-order valence-electron chi connectivity index (χ0n) is 9.80. The standard InChI is InChI=1S/C13H8Cl2O4S/c14-8-5-6(11(16)10(15)12(8)17)4-7(13(18)19)9-2-1-3-20-9/h1-5,16-17H,(H,18,19)/b7-4-. The Balaban J connectivity index is 2.61.